The Morgan fingerprint density at radius 2 is 2.05 bits per heavy atom. The zero-order chi connectivity index (χ0) is 13.5. The number of benzene rings is 1. The van der Waals surface area contributed by atoms with Crippen LogP contribution in [0.15, 0.2) is 24.3 Å². The molecule has 1 aliphatic rings. The van der Waals surface area contributed by atoms with Gasteiger partial charge < -0.3 is 10.1 Å². The Hall–Kier alpha value is -1.02. The van der Waals surface area contributed by atoms with Crippen molar-refractivity contribution < 1.29 is 4.74 Å². The van der Waals surface area contributed by atoms with E-state index in [-0.39, 0.29) is 0 Å². The normalized spacial score (nSPS) is 23.3. The van der Waals surface area contributed by atoms with Crippen molar-refractivity contribution in [2.24, 2.45) is 0 Å². The number of rotatable bonds is 6. The number of hydrogen-bond donors (Lipinski definition) is 1. The average Bonchev–Trinajstić information content (AvgIpc) is 2.46. The quantitative estimate of drug-likeness (QED) is 0.832. The van der Waals surface area contributed by atoms with Crippen molar-refractivity contribution in [2.75, 3.05) is 13.2 Å². The van der Waals surface area contributed by atoms with Crippen molar-refractivity contribution in [1.29, 1.82) is 0 Å². The van der Waals surface area contributed by atoms with E-state index in [0.717, 1.165) is 18.9 Å². The molecule has 1 fully saturated rings. The predicted molar refractivity (Wildman–Crippen MR) is 80.9 cm³/mol. The monoisotopic (exact) mass is 261 g/mol. The van der Waals surface area contributed by atoms with Crippen molar-refractivity contribution in [3.63, 3.8) is 0 Å². The van der Waals surface area contributed by atoms with Gasteiger partial charge in [0.05, 0.1) is 6.61 Å². The van der Waals surface area contributed by atoms with E-state index in [1.165, 1.54) is 37.7 Å². The van der Waals surface area contributed by atoms with Crippen LogP contribution >= 0.6 is 0 Å². The summed E-state index contributed by atoms with van der Waals surface area (Å²) in [6.07, 6.45) is 6.54. The molecule has 2 unspecified atom stereocenters. The van der Waals surface area contributed by atoms with Gasteiger partial charge in [-0.1, -0.05) is 31.9 Å². The Morgan fingerprint density at radius 3 is 2.84 bits per heavy atom. The molecule has 1 N–H and O–H groups in total. The van der Waals surface area contributed by atoms with Crippen molar-refractivity contribution in [1.82, 2.24) is 5.32 Å². The van der Waals surface area contributed by atoms with Gasteiger partial charge in [0.1, 0.15) is 5.75 Å². The Balaban J connectivity index is 2.09. The van der Waals surface area contributed by atoms with Gasteiger partial charge in [0.15, 0.2) is 0 Å². The lowest BCUT2D eigenvalue weighted by Gasteiger charge is -2.33. The molecule has 1 aromatic carbocycles. The highest BCUT2D eigenvalue weighted by atomic mass is 16.5. The molecule has 0 radical (unpaired) electrons. The topological polar surface area (TPSA) is 21.3 Å². The third-order valence-electron chi connectivity index (χ3n) is 4.02. The molecule has 0 saturated heterocycles. The fourth-order valence-electron chi connectivity index (χ4n) is 3.11. The average molecular weight is 261 g/mol. The van der Waals surface area contributed by atoms with E-state index >= 15 is 0 Å². The van der Waals surface area contributed by atoms with Crippen molar-refractivity contribution in [3.8, 4) is 5.75 Å². The van der Waals surface area contributed by atoms with Gasteiger partial charge in [-0.3, -0.25) is 0 Å². The molecule has 19 heavy (non-hydrogen) atoms. The van der Waals surface area contributed by atoms with Crippen LogP contribution in [0, 0.1) is 0 Å². The Kier molecular flexibility index (Phi) is 5.71. The van der Waals surface area contributed by atoms with Gasteiger partial charge in [-0.2, -0.15) is 0 Å². The van der Waals surface area contributed by atoms with Gasteiger partial charge in [0.2, 0.25) is 0 Å². The second-order valence-electron chi connectivity index (χ2n) is 5.46. The first-order chi connectivity index (χ1) is 9.35. The molecule has 0 amide bonds. The molecule has 1 aliphatic carbocycles. The van der Waals surface area contributed by atoms with Crippen molar-refractivity contribution in [2.45, 2.75) is 57.9 Å². The summed E-state index contributed by atoms with van der Waals surface area (Å²) in [5, 5.41) is 3.73. The van der Waals surface area contributed by atoms with E-state index < -0.39 is 0 Å². The first kappa shape index (κ1) is 14.4. The lowest BCUT2D eigenvalue weighted by atomic mass is 9.80. The lowest BCUT2D eigenvalue weighted by Crippen LogP contribution is -2.37. The van der Waals surface area contributed by atoms with Crippen LogP contribution in [0.4, 0.5) is 0 Å². The van der Waals surface area contributed by atoms with Crippen LogP contribution in [-0.4, -0.2) is 19.2 Å². The summed E-state index contributed by atoms with van der Waals surface area (Å²) in [6.45, 7) is 6.15. The number of nitrogens with one attached hydrogen (secondary N) is 1. The predicted octanol–water partition coefficient (Wildman–Crippen LogP) is 4.11. The molecule has 2 heteroatoms. The van der Waals surface area contributed by atoms with Gasteiger partial charge >= 0.3 is 0 Å². The summed E-state index contributed by atoms with van der Waals surface area (Å²) in [5.74, 6) is 1.67. The fourth-order valence-corrected chi connectivity index (χ4v) is 3.11. The van der Waals surface area contributed by atoms with E-state index in [9.17, 15) is 0 Å². The zero-order valence-electron chi connectivity index (χ0n) is 12.3. The van der Waals surface area contributed by atoms with Crippen LogP contribution in [0.1, 0.15) is 57.4 Å². The second-order valence-corrected chi connectivity index (χ2v) is 5.46. The first-order valence-electron chi connectivity index (χ1n) is 7.81. The standard InChI is InChI=1S/C17H27NO/c1-3-12-18-17-11-6-5-10-16(17)14-8-7-9-15(13-14)19-4-2/h7-9,13,16-18H,3-6,10-12H2,1-2H3. The SMILES string of the molecule is CCCNC1CCCCC1c1cccc(OCC)c1. The van der Waals surface area contributed by atoms with Crippen LogP contribution < -0.4 is 10.1 Å². The first-order valence-corrected chi connectivity index (χ1v) is 7.81. The van der Waals surface area contributed by atoms with Crippen molar-refractivity contribution >= 4 is 0 Å². The molecule has 2 atom stereocenters. The van der Waals surface area contributed by atoms with E-state index in [4.69, 9.17) is 4.74 Å². The van der Waals surface area contributed by atoms with E-state index in [2.05, 4.69) is 36.5 Å². The summed E-state index contributed by atoms with van der Waals surface area (Å²) in [7, 11) is 0. The van der Waals surface area contributed by atoms with Crippen LogP contribution in [0.5, 0.6) is 5.75 Å². The van der Waals surface area contributed by atoms with Gasteiger partial charge in [0, 0.05) is 6.04 Å². The maximum Gasteiger partial charge on any atom is 0.119 e. The molecule has 106 valence electrons. The molecule has 1 saturated carbocycles. The van der Waals surface area contributed by atoms with E-state index in [1.54, 1.807) is 0 Å². The van der Waals surface area contributed by atoms with E-state index in [1.807, 2.05) is 6.92 Å². The molecule has 2 rings (SSSR count). The minimum absolute atomic E-state index is 0.644. The third-order valence-corrected chi connectivity index (χ3v) is 4.02. The van der Waals surface area contributed by atoms with Crippen molar-refractivity contribution in [3.05, 3.63) is 29.8 Å². The molecule has 0 heterocycles. The summed E-state index contributed by atoms with van der Waals surface area (Å²) < 4.78 is 5.63. The summed E-state index contributed by atoms with van der Waals surface area (Å²) in [6, 6.07) is 9.33. The molecule has 0 aliphatic heterocycles. The largest absolute Gasteiger partial charge is 0.494 e. The van der Waals surface area contributed by atoms with E-state index in [0.29, 0.717) is 12.0 Å². The minimum Gasteiger partial charge on any atom is -0.494 e. The molecule has 0 bridgehead atoms. The van der Waals surface area contributed by atoms with Gasteiger partial charge in [-0.05, 0) is 56.3 Å². The van der Waals surface area contributed by atoms with Crippen LogP contribution in [0.3, 0.4) is 0 Å². The molecule has 2 nitrogen and oxygen atoms in total. The van der Waals surface area contributed by atoms with Gasteiger partial charge in [0.25, 0.3) is 0 Å². The summed E-state index contributed by atoms with van der Waals surface area (Å²) in [5.41, 5.74) is 1.44. The minimum atomic E-state index is 0.644. The Morgan fingerprint density at radius 1 is 1.21 bits per heavy atom. The highest BCUT2D eigenvalue weighted by molar-refractivity contribution is 5.32. The maximum atomic E-state index is 5.63. The Bertz CT molecular complexity index is 377. The smallest absolute Gasteiger partial charge is 0.119 e. The summed E-state index contributed by atoms with van der Waals surface area (Å²) in [4.78, 5) is 0. The van der Waals surface area contributed by atoms with Gasteiger partial charge in [-0.25, -0.2) is 0 Å². The fraction of sp³-hybridized carbons (Fsp3) is 0.647. The second kappa shape index (κ2) is 7.54. The highest BCUT2D eigenvalue weighted by Crippen LogP contribution is 2.34. The number of ether oxygens (including phenoxy) is 1. The lowest BCUT2D eigenvalue weighted by molar-refractivity contribution is 0.322. The van der Waals surface area contributed by atoms with Crippen LogP contribution in [-0.2, 0) is 0 Å². The molecular weight excluding hydrogens is 234 g/mol. The highest BCUT2D eigenvalue weighted by Gasteiger charge is 2.25. The summed E-state index contributed by atoms with van der Waals surface area (Å²) >= 11 is 0. The molecule has 0 aromatic heterocycles. The molecular formula is C17H27NO. The zero-order valence-corrected chi connectivity index (χ0v) is 12.3. The Labute approximate surface area is 117 Å². The van der Waals surface area contributed by atoms with Crippen LogP contribution in [0.25, 0.3) is 0 Å². The number of hydrogen-bond acceptors (Lipinski definition) is 2. The van der Waals surface area contributed by atoms with Gasteiger partial charge in [-0.15, -0.1) is 0 Å². The molecule has 1 aromatic rings. The van der Waals surface area contributed by atoms with Crippen LogP contribution in [0.2, 0.25) is 0 Å². The molecule has 0 spiro atoms. The maximum absolute atomic E-state index is 5.63. The third kappa shape index (κ3) is 3.97.